The lowest BCUT2D eigenvalue weighted by Crippen LogP contribution is -2.42. The van der Waals surface area contributed by atoms with Crippen LogP contribution in [0.15, 0.2) is 0 Å². The van der Waals surface area contributed by atoms with Gasteiger partial charge >= 0.3 is 0 Å². The van der Waals surface area contributed by atoms with Gasteiger partial charge in [0.1, 0.15) is 0 Å². The van der Waals surface area contributed by atoms with E-state index in [9.17, 15) is 0 Å². The van der Waals surface area contributed by atoms with E-state index < -0.39 is 0 Å². The summed E-state index contributed by atoms with van der Waals surface area (Å²) in [6, 6.07) is 0.339. The van der Waals surface area contributed by atoms with E-state index >= 15 is 0 Å². The van der Waals surface area contributed by atoms with Crippen molar-refractivity contribution >= 4 is 0 Å². The Labute approximate surface area is 111 Å². The highest BCUT2D eigenvalue weighted by molar-refractivity contribution is 4.73. The number of likely N-dealkylation sites (tertiary alicyclic amines) is 1. The summed E-state index contributed by atoms with van der Waals surface area (Å²) in [5.74, 6) is 0. The fraction of sp³-hybridized carbons (Fsp3) is 1.00. The lowest BCUT2D eigenvalue weighted by Gasteiger charge is -2.29. The minimum atomic E-state index is 0.339. The Balaban J connectivity index is 1.59. The van der Waals surface area contributed by atoms with Crippen molar-refractivity contribution in [2.45, 2.75) is 38.1 Å². The van der Waals surface area contributed by atoms with Crippen molar-refractivity contribution in [2.75, 3.05) is 52.5 Å². The van der Waals surface area contributed by atoms with Crippen LogP contribution in [0, 0.1) is 0 Å². The van der Waals surface area contributed by atoms with E-state index in [-0.39, 0.29) is 0 Å². The van der Waals surface area contributed by atoms with Crippen molar-refractivity contribution in [2.24, 2.45) is 5.73 Å². The van der Waals surface area contributed by atoms with Gasteiger partial charge in [-0.05, 0) is 38.9 Å². The van der Waals surface area contributed by atoms with Gasteiger partial charge in [-0.25, -0.2) is 0 Å². The monoisotopic (exact) mass is 255 g/mol. The van der Waals surface area contributed by atoms with Crippen LogP contribution in [0.2, 0.25) is 0 Å². The molecule has 0 aliphatic carbocycles. The van der Waals surface area contributed by atoms with Gasteiger partial charge in [-0.1, -0.05) is 12.8 Å². The van der Waals surface area contributed by atoms with Crippen LogP contribution in [0.1, 0.15) is 32.1 Å². The van der Waals surface area contributed by atoms with Gasteiger partial charge in [0.25, 0.3) is 0 Å². The molecule has 1 atom stereocenters. The summed E-state index contributed by atoms with van der Waals surface area (Å²) in [4.78, 5) is 5.04. The summed E-state index contributed by atoms with van der Waals surface area (Å²) >= 11 is 0. The van der Waals surface area contributed by atoms with E-state index in [0.717, 1.165) is 45.8 Å². The molecular formula is C14H29N3O. The molecule has 0 spiro atoms. The molecule has 0 saturated carbocycles. The smallest absolute Gasteiger partial charge is 0.0594 e. The number of nitrogens with zero attached hydrogens (tertiary/aromatic N) is 2. The Morgan fingerprint density at radius 3 is 2.22 bits per heavy atom. The quantitative estimate of drug-likeness (QED) is 0.793. The highest BCUT2D eigenvalue weighted by Gasteiger charge is 2.15. The number of rotatable bonds is 5. The minimum Gasteiger partial charge on any atom is -0.379 e. The first-order valence-corrected chi connectivity index (χ1v) is 7.62. The van der Waals surface area contributed by atoms with E-state index in [2.05, 4.69) is 9.80 Å². The summed E-state index contributed by atoms with van der Waals surface area (Å²) in [6.45, 7) is 8.68. The van der Waals surface area contributed by atoms with Gasteiger partial charge in [-0.3, -0.25) is 4.90 Å². The molecule has 2 N–H and O–H groups in total. The van der Waals surface area contributed by atoms with E-state index in [1.165, 1.54) is 38.8 Å². The van der Waals surface area contributed by atoms with Crippen LogP contribution in [-0.2, 0) is 4.74 Å². The third kappa shape index (κ3) is 5.22. The lowest BCUT2D eigenvalue weighted by atomic mass is 10.2. The van der Waals surface area contributed by atoms with E-state index in [1.54, 1.807) is 0 Å². The summed E-state index contributed by atoms with van der Waals surface area (Å²) in [5, 5.41) is 0. The second kappa shape index (κ2) is 8.10. The summed E-state index contributed by atoms with van der Waals surface area (Å²) in [6.07, 6.45) is 6.64. The van der Waals surface area contributed by atoms with Crippen LogP contribution >= 0.6 is 0 Å². The van der Waals surface area contributed by atoms with Crippen LogP contribution in [0.4, 0.5) is 0 Å². The molecule has 0 aromatic rings. The van der Waals surface area contributed by atoms with Gasteiger partial charge < -0.3 is 15.4 Å². The van der Waals surface area contributed by atoms with Gasteiger partial charge in [-0.15, -0.1) is 0 Å². The molecular weight excluding hydrogens is 226 g/mol. The largest absolute Gasteiger partial charge is 0.379 e. The summed E-state index contributed by atoms with van der Waals surface area (Å²) in [7, 11) is 0. The highest BCUT2D eigenvalue weighted by Crippen LogP contribution is 2.10. The van der Waals surface area contributed by atoms with Gasteiger partial charge in [0.05, 0.1) is 13.2 Å². The molecule has 0 amide bonds. The van der Waals surface area contributed by atoms with Crippen LogP contribution in [0.5, 0.6) is 0 Å². The molecule has 0 aromatic carbocycles. The molecule has 2 aliphatic rings. The third-order valence-electron chi connectivity index (χ3n) is 4.11. The molecule has 2 fully saturated rings. The molecule has 2 rings (SSSR count). The second-order valence-corrected chi connectivity index (χ2v) is 5.72. The van der Waals surface area contributed by atoms with Crippen LogP contribution in [0.3, 0.4) is 0 Å². The second-order valence-electron chi connectivity index (χ2n) is 5.72. The number of morpholine rings is 1. The fourth-order valence-electron chi connectivity index (χ4n) is 2.91. The normalized spacial score (nSPS) is 25.8. The Morgan fingerprint density at radius 2 is 1.56 bits per heavy atom. The predicted molar refractivity (Wildman–Crippen MR) is 74.8 cm³/mol. The molecule has 18 heavy (non-hydrogen) atoms. The van der Waals surface area contributed by atoms with Crippen LogP contribution < -0.4 is 5.73 Å². The first kappa shape index (κ1) is 14.3. The number of nitrogens with two attached hydrogens (primary N) is 1. The van der Waals surface area contributed by atoms with Crippen molar-refractivity contribution in [1.82, 2.24) is 9.80 Å². The van der Waals surface area contributed by atoms with Gasteiger partial charge in [-0.2, -0.15) is 0 Å². The topological polar surface area (TPSA) is 41.7 Å². The maximum absolute atomic E-state index is 6.27. The van der Waals surface area contributed by atoms with Crippen molar-refractivity contribution in [3.05, 3.63) is 0 Å². The molecule has 0 radical (unpaired) electrons. The van der Waals surface area contributed by atoms with Crippen molar-refractivity contribution in [3.8, 4) is 0 Å². The third-order valence-corrected chi connectivity index (χ3v) is 4.11. The number of hydrogen-bond donors (Lipinski definition) is 1. The maximum Gasteiger partial charge on any atom is 0.0594 e. The van der Waals surface area contributed by atoms with Crippen molar-refractivity contribution in [3.63, 3.8) is 0 Å². The molecule has 4 nitrogen and oxygen atoms in total. The first-order chi connectivity index (χ1) is 8.84. The summed E-state index contributed by atoms with van der Waals surface area (Å²) < 4.78 is 5.36. The Morgan fingerprint density at radius 1 is 0.889 bits per heavy atom. The number of ether oxygens (including phenoxy) is 1. The zero-order chi connectivity index (χ0) is 12.6. The molecule has 2 saturated heterocycles. The average molecular weight is 255 g/mol. The van der Waals surface area contributed by atoms with Crippen molar-refractivity contribution in [1.29, 1.82) is 0 Å². The Bertz CT molecular complexity index is 211. The molecule has 4 heteroatoms. The zero-order valence-corrected chi connectivity index (χ0v) is 11.6. The minimum absolute atomic E-state index is 0.339. The molecule has 0 aromatic heterocycles. The summed E-state index contributed by atoms with van der Waals surface area (Å²) in [5.41, 5.74) is 6.27. The fourth-order valence-corrected chi connectivity index (χ4v) is 2.91. The maximum atomic E-state index is 6.27. The van der Waals surface area contributed by atoms with Gasteiger partial charge in [0, 0.05) is 25.7 Å². The van der Waals surface area contributed by atoms with Gasteiger partial charge in [0.2, 0.25) is 0 Å². The molecule has 2 aliphatic heterocycles. The van der Waals surface area contributed by atoms with Gasteiger partial charge in [0.15, 0.2) is 0 Å². The molecule has 2 heterocycles. The first-order valence-electron chi connectivity index (χ1n) is 7.62. The van der Waals surface area contributed by atoms with E-state index in [4.69, 9.17) is 10.5 Å². The predicted octanol–water partition coefficient (Wildman–Crippen LogP) is 0.912. The van der Waals surface area contributed by atoms with E-state index in [1.807, 2.05) is 0 Å². The van der Waals surface area contributed by atoms with Crippen molar-refractivity contribution < 1.29 is 4.74 Å². The average Bonchev–Trinajstić information content (AvgIpc) is 2.66. The van der Waals surface area contributed by atoms with Crippen LogP contribution in [-0.4, -0.2) is 68.3 Å². The van der Waals surface area contributed by atoms with Crippen LogP contribution in [0.25, 0.3) is 0 Å². The lowest BCUT2D eigenvalue weighted by molar-refractivity contribution is 0.0361. The Kier molecular flexibility index (Phi) is 6.41. The number of hydrogen-bond acceptors (Lipinski definition) is 4. The van der Waals surface area contributed by atoms with E-state index in [0.29, 0.717) is 6.04 Å². The Hall–Kier alpha value is -0.160. The standard InChI is InChI=1S/C14H29N3O/c15-14(5-8-16-9-11-18-12-10-16)13-17-6-3-1-2-4-7-17/h14H,1-13,15H2/t14-/m1/s1. The molecule has 0 bridgehead atoms. The SMILES string of the molecule is N[C@H](CCN1CCOCC1)CN1CCCCCC1. The molecule has 0 unspecified atom stereocenters. The zero-order valence-electron chi connectivity index (χ0n) is 11.6. The highest BCUT2D eigenvalue weighted by atomic mass is 16.5. The molecule has 106 valence electrons.